The first-order chi connectivity index (χ1) is 8.70. The van der Waals surface area contributed by atoms with Crippen molar-refractivity contribution in [3.8, 4) is 5.69 Å². The summed E-state index contributed by atoms with van der Waals surface area (Å²) in [5, 5.41) is 6.99. The standard InChI is InChI=1S/C13H14BrN3O/c1-2-12(14)13(18)16-10-4-6-11(7-5-10)17-9-3-8-15-17/h3-9,12H,2H2,1H3,(H,16,18). The van der Waals surface area contributed by atoms with Gasteiger partial charge in [-0.05, 0) is 36.8 Å². The van der Waals surface area contributed by atoms with E-state index < -0.39 is 0 Å². The van der Waals surface area contributed by atoms with Gasteiger partial charge in [0, 0.05) is 18.1 Å². The molecule has 0 radical (unpaired) electrons. The summed E-state index contributed by atoms with van der Waals surface area (Å²) in [6.07, 6.45) is 4.36. The summed E-state index contributed by atoms with van der Waals surface area (Å²) in [5.41, 5.74) is 1.75. The molecule has 0 fully saturated rings. The number of alkyl halides is 1. The number of hydrogen-bond donors (Lipinski definition) is 1. The van der Waals surface area contributed by atoms with E-state index in [4.69, 9.17) is 0 Å². The van der Waals surface area contributed by atoms with Crippen molar-refractivity contribution in [1.29, 1.82) is 0 Å². The van der Waals surface area contributed by atoms with Gasteiger partial charge in [-0.15, -0.1) is 0 Å². The fourth-order valence-corrected chi connectivity index (χ4v) is 1.64. The van der Waals surface area contributed by atoms with Crippen molar-refractivity contribution in [1.82, 2.24) is 9.78 Å². The summed E-state index contributed by atoms with van der Waals surface area (Å²) in [6.45, 7) is 1.96. The molecule has 2 aromatic rings. The van der Waals surface area contributed by atoms with E-state index >= 15 is 0 Å². The molecule has 5 heteroatoms. The van der Waals surface area contributed by atoms with Crippen LogP contribution >= 0.6 is 15.9 Å². The third kappa shape index (κ3) is 2.98. The number of aromatic nitrogens is 2. The molecule has 0 aliphatic heterocycles. The number of benzene rings is 1. The highest BCUT2D eigenvalue weighted by Crippen LogP contribution is 2.14. The summed E-state index contributed by atoms with van der Waals surface area (Å²) in [4.78, 5) is 11.5. The average molecular weight is 308 g/mol. The maximum absolute atomic E-state index is 11.7. The van der Waals surface area contributed by atoms with Gasteiger partial charge < -0.3 is 5.32 Å². The zero-order valence-electron chi connectivity index (χ0n) is 10.0. The Morgan fingerprint density at radius 1 is 1.44 bits per heavy atom. The van der Waals surface area contributed by atoms with Crippen LogP contribution in [0.5, 0.6) is 0 Å². The minimum Gasteiger partial charge on any atom is -0.325 e. The van der Waals surface area contributed by atoms with E-state index in [1.165, 1.54) is 0 Å². The largest absolute Gasteiger partial charge is 0.325 e. The molecule has 0 aliphatic carbocycles. The molecule has 1 aromatic heterocycles. The molecule has 1 aromatic carbocycles. The monoisotopic (exact) mass is 307 g/mol. The number of hydrogen-bond acceptors (Lipinski definition) is 2. The first-order valence-corrected chi connectivity index (χ1v) is 6.67. The Kier molecular flexibility index (Phi) is 4.15. The van der Waals surface area contributed by atoms with Crippen molar-refractivity contribution in [2.45, 2.75) is 18.2 Å². The zero-order valence-corrected chi connectivity index (χ0v) is 11.6. The first-order valence-electron chi connectivity index (χ1n) is 5.75. The second-order valence-electron chi connectivity index (χ2n) is 3.86. The van der Waals surface area contributed by atoms with Crippen molar-refractivity contribution in [3.63, 3.8) is 0 Å². The lowest BCUT2D eigenvalue weighted by atomic mass is 10.2. The van der Waals surface area contributed by atoms with Crippen LogP contribution in [0.3, 0.4) is 0 Å². The second-order valence-corrected chi connectivity index (χ2v) is 4.97. The molecule has 1 unspecified atom stereocenters. The van der Waals surface area contributed by atoms with Crippen LogP contribution in [0.25, 0.3) is 5.69 Å². The predicted octanol–water partition coefficient (Wildman–Crippen LogP) is 2.98. The minimum atomic E-state index is -0.150. The van der Waals surface area contributed by atoms with Gasteiger partial charge in [0.25, 0.3) is 0 Å². The molecule has 1 amide bonds. The van der Waals surface area contributed by atoms with Crippen molar-refractivity contribution < 1.29 is 4.79 Å². The highest BCUT2D eigenvalue weighted by molar-refractivity contribution is 9.10. The molecule has 1 heterocycles. The van der Waals surface area contributed by atoms with Gasteiger partial charge in [-0.3, -0.25) is 4.79 Å². The van der Waals surface area contributed by atoms with Crippen LogP contribution < -0.4 is 5.32 Å². The van der Waals surface area contributed by atoms with Gasteiger partial charge in [-0.25, -0.2) is 4.68 Å². The van der Waals surface area contributed by atoms with Crippen LogP contribution in [0.4, 0.5) is 5.69 Å². The second kappa shape index (κ2) is 5.82. The maximum atomic E-state index is 11.7. The Labute approximate surface area is 114 Å². The van der Waals surface area contributed by atoms with Crippen molar-refractivity contribution in [2.24, 2.45) is 0 Å². The van der Waals surface area contributed by atoms with Crippen molar-refractivity contribution >= 4 is 27.5 Å². The third-order valence-corrected chi connectivity index (χ3v) is 3.61. The summed E-state index contributed by atoms with van der Waals surface area (Å²) in [7, 11) is 0. The molecule has 0 spiro atoms. The first kappa shape index (κ1) is 12.8. The van der Waals surface area contributed by atoms with Gasteiger partial charge in [-0.2, -0.15) is 5.10 Å². The molecule has 2 rings (SSSR count). The molecule has 94 valence electrons. The third-order valence-electron chi connectivity index (χ3n) is 2.55. The number of amides is 1. The van der Waals surface area contributed by atoms with E-state index in [2.05, 4.69) is 26.3 Å². The maximum Gasteiger partial charge on any atom is 0.238 e. The number of rotatable bonds is 4. The fourth-order valence-electron chi connectivity index (χ4n) is 1.53. The zero-order chi connectivity index (χ0) is 13.0. The molecule has 4 nitrogen and oxygen atoms in total. The van der Waals surface area contributed by atoms with Gasteiger partial charge in [0.05, 0.1) is 10.5 Å². The molecule has 0 aliphatic rings. The van der Waals surface area contributed by atoms with Crippen LogP contribution in [-0.4, -0.2) is 20.5 Å². The van der Waals surface area contributed by atoms with Crippen LogP contribution in [0.1, 0.15) is 13.3 Å². The Hall–Kier alpha value is -1.62. The molecule has 0 saturated carbocycles. The van der Waals surface area contributed by atoms with Crippen molar-refractivity contribution in [2.75, 3.05) is 5.32 Å². The fraction of sp³-hybridized carbons (Fsp3) is 0.231. The van der Waals surface area contributed by atoms with E-state index in [0.29, 0.717) is 0 Å². The minimum absolute atomic E-state index is 0.0238. The van der Waals surface area contributed by atoms with Crippen LogP contribution in [0.15, 0.2) is 42.7 Å². The van der Waals surface area contributed by atoms with E-state index in [0.717, 1.165) is 17.8 Å². The van der Waals surface area contributed by atoms with Gasteiger partial charge in [-0.1, -0.05) is 22.9 Å². The number of halogens is 1. The Balaban J connectivity index is 2.06. The summed E-state index contributed by atoms with van der Waals surface area (Å²) >= 11 is 3.32. The van der Waals surface area contributed by atoms with Crippen LogP contribution in [-0.2, 0) is 4.79 Å². The summed E-state index contributed by atoms with van der Waals surface area (Å²) in [5.74, 6) is -0.0238. The highest BCUT2D eigenvalue weighted by atomic mass is 79.9. The van der Waals surface area contributed by atoms with Gasteiger partial charge in [0.15, 0.2) is 0 Å². The Morgan fingerprint density at radius 2 is 2.17 bits per heavy atom. The van der Waals surface area contributed by atoms with Crippen LogP contribution in [0.2, 0.25) is 0 Å². The number of nitrogens with zero attached hydrogens (tertiary/aromatic N) is 2. The van der Waals surface area contributed by atoms with Crippen LogP contribution in [0, 0.1) is 0 Å². The predicted molar refractivity (Wildman–Crippen MR) is 75.2 cm³/mol. The number of carbonyl (C=O) groups is 1. The number of anilines is 1. The quantitative estimate of drug-likeness (QED) is 0.883. The Bertz CT molecular complexity index is 508. The van der Waals surface area contributed by atoms with Gasteiger partial charge in [0.1, 0.15) is 0 Å². The topological polar surface area (TPSA) is 46.9 Å². The highest BCUT2D eigenvalue weighted by Gasteiger charge is 2.11. The summed E-state index contributed by atoms with van der Waals surface area (Å²) in [6, 6.07) is 9.43. The number of nitrogens with one attached hydrogen (secondary N) is 1. The Morgan fingerprint density at radius 3 is 2.72 bits per heavy atom. The molecule has 1 N–H and O–H groups in total. The molecule has 1 atom stereocenters. The molecule has 18 heavy (non-hydrogen) atoms. The average Bonchev–Trinajstić information content (AvgIpc) is 2.92. The smallest absolute Gasteiger partial charge is 0.238 e. The molecule has 0 bridgehead atoms. The van der Waals surface area contributed by atoms with E-state index in [1.807, 2.05) is 43.5 Å². The lowest BCUT2D eigenvalue weighted by molar-refractivity contribution is -0.115. The molecule has 0 saturated heterocycles. The lowest BCUT2D eigenvalue weighted by Crippen LogP contribution is -2.21. The van der Waals surface area contributed by atoms with E-state index in [1.54, 1.807) is 10.9 Å². The van der Waals surface area contributed by atoms with Gasteiger partial charge >= 0.3 is 0 Å². The lowest BCUT2D eigenvalue weighted by Gasteiger charge is -2.09. The van der Waals surface area contributed by atoms with Gasteiger partial charge in [0.2, 0.25) is 5.91 Å². The van der Waals surface area contributed by atoms with Crippen molar-refractivity contribution in [3.05, 3.63) is 42.7 Å². The normalized spacial score (nSPS) is 12.1. The number of carbonyl (C=O) groups excluding carboxylic acids is 1. The van der Waals surface area contributed by atoms with E-state index in [-0.39, 0.29) is 10.7 Å². The molecular formula is C13H14BrN3O. The van der Waals surface area contributed by atoms with E-state index in [9.17, 15) is 4.79 Å². The summed E-state index contributed by atoms with van der Waals surface area (Å²) < 4.78 is 1.77. The SMILES string of the molecule is CCC(Br)C(=O)Nc1ccc(-n2cccn2)cc1. The molecular weight excluding hydrogens is 294 g/mol.